The van der Waals surface area contributed by atoms with Gasteiger partial charge in [-0.2, -0.15) is 4.31 Å². The third-order valence-electron chi connectivity index (χ3n) is 5.20. The Labute approximate surface area is 190 Å². The van der Waals surface area contributed by atoms with Gasteiger partial charge in [0, 0.05) is 23.7 Å². The number of piperidine rings is 1. The predicted octanol–water partition coefficient (Wildman–Crippen LogP) is 3.44. The van der Waals surface area contributed by atoms with Gasteiger partial charge in [0.15, 0.2) is 0 Å². The summed E-state index contributed by atoms with van der Waals surface area (Å²) in [5.41, 5.74) is 0.677. The van der Waals surface area contributed by atoms with Crippen LogP contribution in [-0.2, 0) is 14.8 Å². The molecular weight excluding hydrogens is 456 g/mol. The van der Waals surface area contributed by atoms with Crippen molar-refractivity contribution in [3.8, 4) is 17.2 Å². The van der Waals surface area contributed by atoms with Crippen molar-refractivity contribution >= 4 is 33.5 Å². The number of amides is 1. The normalized spacial score (nSPS) is 17.1. The number of nitrogens with one attached hydrogen (secondary N) is 1. The first-order valence-corrected chi connectivity index (χ1v) is 11.7. The molecular formula is C21H21ClN4O5S. The number of hydrogen-bond acceptors (Lipinski definition) is 7. The van der Waals surface area contributed by atoms with Gasteiger partial charge in [-0.05, 0) is 61.4 Å². The lowest BCUT2D eigenvalue weighted by molar-refractivity contribution is -0.121. The molecule has 1 amide bonds. The fourth-order valence-electron chi connectivity index (χ4n) is 3.46. The van der Waals surface area contributed by atoms with Crippen LogP contribution in [0.3, 0.4) is 0 Å². The minimum absolute atomic E-state index is 0.0431. The molecule has 0 radical (unpaired) electrons. The van der Waals surface area contributed by atoms with Gasteiger partial charge in [0.1, 0.15) is 5.75 Å². The van der Waals surface area contributed by atoms with E-state index in [-0.39, 0.29) is 29.3 Å². The van der Waals surface area contributed by atoms with E-state index >= 15 is 0 Å². The van der Waals surface area contributed by atoms with Crippen molar-refractivity contribution in [1.82, 2.24) is 14.5 Å². The molecule has 32 heavy (non-hydrogen) atoms. The highest BCUT2D eigenvalue weighted by atomic mass is 35.5. The van der Waals surface area contributed by atoms with E-state index in [1.807, 2.05) is 0 Å². The van der Waals surface area contributed by atoms with Crippen molar-refractivity contribution in [2.24, 2.45) is 5.92 Å². The number of methoxy groups -OCH3 is 1. The highest BCUT2D eigenvalue weighted by molar-refractivity contribution is 7.89. The van der Waals surface area contributed by atoms with E-state index < -0.39 is 15.9 Å². The van der Waals surface area contributed by atoms with Crippen LogP contribution in [0, 0.1) is 5.92 Å². The van der Waals surface area contributed by atoms with Gasteiger partial charge in [-0.3, -0.25) is 10.1 Å². The molecule has 9 nitrogen and oxygen atoms in total. The maximum atomic E-state index is 12.9. The summed E-state index contributed by atoms with van der Waals surface area (Å²) in [6.45, 7) is 0.410. The van der Waals surface area contributed by atoms with Gasteiger partial charge in [-0.25, -0.2) is 8.42 Å². The second kappa shape index (κ2) is 9.27. The Hall–Kier alpha value is -2.95. The number of nitrogens with zero attached hydrogens (tertiary/aromatic N) is 3. The van der Waals surface area contributed by atoms with Crippen molar-refractivity contribution in [3.63, 3.8) is 0 Å². The van der Waals surface area contributed by atoms with E-state index in [9.17, 15) is 13.2 Å². The number of carbonyl (C=O) groups is 1. The minimum atomic E-state index is -3.72. The highest BCUT2D eigenvalue weighted by Crippen LogP contribution is 2.26. The zero-order valence-corrected chi connectivity index (χ0v) is 18.8. The number of aromatic nitrogens is 2. The van der Waals surface area contributed by atoms with E-state index in [4.69, 9.17) is 20.8 Å². The first kappa shape index (κ1) is 22.3. The molecule has 1 aliphatic rings. The zero-order chi connectivity index (χ0) is 22.7. The van der Waals surface area contributed by atoms with Crippen LogP contribution in [0.4, 0.5) is 6.01 Å². The largest absolute Gasteiger partial charge is 0.497 e. The van der Waals surface area contributed by atoms with Crippen LogP contribution in [0.2, 0.25) is 5.02 Å². The maximum absolute atomic E-state index is 12.9. The van der Waals surface area contributed by atoms with Crippen molar-refractivity contribution in [1.29, 1.82) is 0 Å². The second-order valence-corrected chi connectivity index (χ2v) is 9.66. The molecule has 1 fully saturated rings. The summed E-state index contributed by atoms with van der Waals surface area (Å²) in [4.78, 5) is 12.9. The van der Waals surface area contributed by atoms with E-state index in [1.165, 1.54) is 28.6 Å². The van der Waals surface area contributed by atoms with Gasteiger partial charge in [-0.15, -0.1) is 5.10 Å². The summed E-state index contributed by atoms with van der Waals surface area (Å²) < 4.78 is 37.8. The van der Waals surface area contributed by atoms with Crippen LogP contribution in [-0.4, -0.2) is 49.0 Å². The molecule has 4 rings (SSSR count). The molecule has 2 heterocycles. The molecule has 3 aromatic rings. The number of halogens is 1. The number of sulfonamides is 1. The molecule has 0 saturated carbocycles. The molecule has 11 heteroatoms. The van der Waals surface area contributed by atoms with E-state index in [2.05, 4.69) is 15.5 Å². The summed E-state index contributed by atoms with van der Waals surface area (Å²) in [6, 6.07) is 13.0. The van der Waals surface area contributed by atoms with Crippen molar-refractivity contribution in [2.75, 3.05) is 25.5 Å². The number of carbonyl (C=O) groups excluding carboxylic acids is 1. The second-order valence-electron chi connectivity index (χ2n) is 7.29. The van der Waals surface area contributed by atoms with Gasteiger partial charge in [-0.1, -0.05) is 16.7 Å². The van der Waals surface area contributed by atoms with Crippen molar-refractivity contribution in [2.45, 2.75) is 17.7 Å². The van der Waals surface area contributed by atoms with Crippen LogP contribution >= 0.6 is 11.6 Å². The first-order chi connectivity index (χ1) is 15.4. The number of anilines is 1. The van der Waals surface area contributed by atoms with E-state index in [0.29, 0.717) is 35.7 Å². The quantitative estimate of drug-likeness (QED) is 0.579. The van der Waals surface area contributed by atoms with Crippen LogP contribution < -0.4 is 10.1 Å². The molecule has 1 unspecified atom stereocenters. The number of rotatable bonds is 6. The zero-order valence-electron chi connectivity index (χ0n) is 17.2. The molecule has 1 N–H and O–H groups in total. The third kappa shape index (κ3) is 4.77. The fourth-order valence-corrected chi connectivity index (χ4v) is 5.11. The topological polar surface area (TPSA) is 115 Å². The Morgan fingerprint density at radius 3 is 2.56 bits per heavy atom. The number of hydrogen-bond donors (Lipinski definition) is 1. The average Bonchev–Trinajstić information content (AvgIpc) is 3.28. The molecule has 168 valence electrons. The summed E-state index contributed by atoms with van der Waals surface area (Å²) in [5, 5.41) is 10.9. The molecule has 2 aromatic carbocycles. The first-order valence-electron chi connectivity index (χ1n) is 9.91. The summed E-state index contributed by atoms with van der Waals surface area (Å²) in [6.07, 6.45) is 1.11. The van der Waals surface area contributed by atoms with Gasteiger partial charge in [0.2, 0.25) is 21.8 Å². The highest BCUT2D eigenvalue weighted by Gasteiger charge is 2.33. The van der Waals surface area contributed by atoms with Gasteiger partial charge in [0.05, 0.1) is 17.9 Å². The Balaban J connectivity index is 1.42. The van der Waals surface area contributed by atoms with Crippen LogP contribution in [0.1, 0.15) is 12.8 Å². The Bertz CT molecular complexity index is 1200. The fraction of sp³-hybridized carbons (Fsp3) is 0.286. The van der Waals surface area contributed by atoms with E-state index in [0.717, 1.165) is 0 Å². The molecule has 1 aromatic heterocycles. The Morgan fingerprint density at radius 1 is 1.16 bits per heavy atom. The predicted molar refractivity (Wildman–Crippen MR) is 118 cm³/mol. The van der Waals surface area contributed by atoms with Crippen LogP contribution in [0.25, 0.3) is 11.5 Å². The minimum Gasteiger partial charge on any atom is -0.497 e. The summed E-state index contributed by atoms with van der Waals surface area (Å²) in [7, 11) is -2.15. The lowest BCUT2D eigenvalue weighted by atomic mass is 9.99. The SMILES string of the molecule is COc1ccc(-c2nnc(NC(=O)C3CCCN(S(=O)(=O)c4ccc(Cl)cc4)C3)o2)cc1. The molecule has 1 atom stereocenters. The standard InChI is InChI=1S/C21H21ClN4O5S/c1-30-17-8-4-14(5-9-17)20-24-25-21(31-20)23-19(27)15-3-2-12-26(13-15)32(28,29)18-10-6-16(22)7-11-18/h4-11,15H,2-3,12-13H2,1H3,(H,23,25,27). The molecule has 0 aliphatic carbocycles. The molecule has 1 saturated heterocycles. The lowest BCUT2D eigenvalue weighted by Crippen LogP contribution is -2.43. The number of benzene rings is 2. The van der Waals surface area contributed by atoms with Gasteiger partial charge in [0.25, 0.3) is 0 Å². The van der Waals surface area contributed by atoms with Crippen molar-refractivity contribution in [3.05, 3.63) is 53.6 Å². The smallest absolute Gasteiger partial charge is 0.322 e. The molecule has 1 aliphatic heterocycles. The Kier molecular flexibility index (Phi) is 6.45. The summed E-state index contributed by atoms with van der Waals surface area (Å²) in [5.74, 6) is 0.0313. The summed E-state index contributed by atoms with van der Waals surface area (Å²) >= 11 is 5.86. The Morgan fingerprint density at radius 2 is 1.88 bits per heavy atom. The van der Waals surface area contributed by atoms with Crippen molar-refractivity contribution < 1.29 is 22.4 Å². The number of ether oxygens (including phenoxy) is 1. The monoisotopic (exact) mass is 476 g/mol. The molecule has 0 bridgehead atoms. The average molecular weight is 477 g/mol. The van der Waals surface area contributed by atoms with E-state index in [1.54, 1.807) is 31.4 Å². The van der Waals surface area contributed by atoms with Gasteiger partial charge >= 0.3 is 6.01 Å². The maximum Gasteiger partial charge on any atom is 0.322 e. The third-order valence-corrected chi connectivity index (χ3v) is 7.33. The van der Waals surface area contributed by atoms with Gasteiger partial charge < -0.3 is 9.15 Å². The molecule has 0 spiro atoms. The lowest BCUT2D eigenvalue weighted by Gasteiger charge is -2.30. The van der Waals surface area contributed by atoms with Crippen LogP contribution in [0.15, 0.2) is 57.8 Å². The van der Waals surface area contributed by atoms with Crippen LogP contribution in [0.5, 0.6) is 5.75 Å².